The van der Waals surface area contributed by atoms with Crippen molar-refractivity contribution in [3.63, 3.8) is 0 Å². The van der Waals surface area contributed by atoms with E-state index in [1.807, 2.05) is 13.8 Å². The van der Waals surface area contributed by atoms with E-state index in [1.54, 1.807) is 12.1 Å². The lowest BCUT2D eigenvalue weighted by molar-refractivity contribution is -0.227. The Kier molecular flexibility index (Phi) is 5.29. The van der Waals surface area contributed by atoms with Crippen molar-refractivity contribution in [3.05, 3.63) is 29.8 Å². The maximum atomic E-state index is 13.2. The maximum Gasteiger partial charge on any atom is 0.406 e. The van der Waals surface area contributed by atoms with Gasteiger partial charge in [-0.05, 0) is 36.6 Å². The van der Waals surface area contributed by atoms with Gasteiger partial charge in [-0.3, -0.25) is 9.59 Å². The van der Waals surface area contributed by atoms with Crippen molar-refractivity contribution in [3.8, 4) is 5.75 Å². The summed E-state index contributed by atoms with van der Waals surface area (Å²) < 4.78 is 45.0. The van der Waals surface area contributed by atoms with Crippen molar-refractivity contribution in [1.82, 2.24) is 4.90 Å². The Balaban J connectivity index is 2.10. The average molecular weight is 359 g/mol. The van der Waals surface area contributed by atoms with Gasteiger partial charge in [0.1, 0.15) is 5.75 Å². The number of aliphatic carboxylic acids is 1. The van der Waals surface area contributed by atoms with Gasteiger partial charge in [0.25, 0.3) is 5.91 Å². The molecule has 1 saturated heterocycles. The molecule has 2 rings (SSSR count). The Hall–Kier alpha value is -2.25. The van der Waals surface area contributed by atoms with Gasteiger partial charge in [-0.2, -0.15) is 13.2 Å². The second-order valence-corrected chi connectivity index (χ2v) is 6.59. The van der Waals surface area contributed by atoms with E-state index in [9.17, 15) is 22.8 Å². The Morgan fingerprint density at radius 2 is 1.88 bits per heavy atom. The van der Waals surface area contributed by atoms with Crippen LogP contribution in [-0.4, -0.2) is 47.8 Å². The van der Waals surface area contributed by atoms with Crippen LogP contribution in [-0.2, 0) is 4.79 Å². The molecule has 1 aliphatic heterocycles. The fourth-order valence-corrected chi connectivity index (χ4v) is 2.65. The summed E-state index contributed by atoms with van der Waals surface area (Å²) in [5.41, 5.74) is -2.71. The van der Waals surface area contributed by atoms with Crippen LogP contribution in [0, 0.1) is 11.3 Å². The fourth-order valence-electron chi connectivity index (χ4n) is 2.65. The molecule has 0 aliphatic carbocycles. The predicted molar refractivity (Wildman–Crippen MR) is 83.4 cm³/mol. The van der Waals surface area contributed by atoms with Crippen LogP contribution in [0.3, 0.4) is 0 Å². The number of amides is 1. The van der Waals surface area contributed by atoms with Crippen LogP contribution in [0.15, 0.2) is 24.3 Å². The summed E-state index contributed by atoms with van der Waals surface area (Å²) in [5.74, 6) is -1.69. The SMILES string of the molecule is CC(C)COc1ccc(C(=O)N2CCC(C(=O)O)(C(F)(F)F)C2)cc1. The second-order valence-electron chi connectivity index (χ2n) is 6.59. The minimum atomic E-state index is -4.91. The molecule has 1 N–H and O–H groups in total. The van der Waals surface area contributed by atoms with Gasteiger partial charge in [0.05, 0.1) is 6.61 Å². The highest BCUT2D eigenvalue weighted by Gasteiger charge is 2.64. The molecule has 1 unspecified atom stereocenters. The molecular formula is C17H20F3NO4. The van der Waals surface area contributed by atoms with E-state index in [0.717, 1.165) is 4.90 Å². The molecule has 0 radical (unpaired) electrons. The summed E-state index contributed by atoms with van der Waals surface area (Å²) in [4.78, 5) is 24.5. The monoisotopic (exact) mass is 359 g/mol. The van der Waals surface area contributed by atoms with Crippen LogP contribution < -0.4 is 4.74 Å². The van der Waals surface area contributed by atoms with Crippen LogP contribution in [0.4, 0.5) is 13.2 Å². The Morgan fingerprint density at radius 3 is 2.32 bits per heavy atom. The van der Waals surface area contributed by atoms with Crippen molar-refractivity contribution in [2.75, 3.05) is 19.7 Å². The number of halogens is 3. The normalized spacial score (nSPS) is 20.8. The number of nitrogens with zero attached hydrogens (tertiary/aromatic N) is 1. The number of carboxylic acid groups (broad SMARTS) is 1. The molecule has 1 aromatic rings. The number of likely N-dealkylation sites (tertiary alicyclic amines) is 1. The van der Waals surface area contributed by atoms with Crippen molar-refractivity contribution in [1.29, 1.82) is 0 Å². The van der Waals surface area contributed by atoms with Crippen LogP contribution in [0.5, 0.6) is 5.75 Å². The number of carboxylic acids is 1. The highest BCUT2D eigenvalue weighted by molar-refractivity contribution is 5.95. The number of carbonyl (C=O) groups excluding carboxylic acids is 1. The Bertz CT molecular complexity index is 642. The lowest BCUT2D eigenvalue weighted by Crippen LogP contribution is -2.47. The van der Waals surface area contributed by atoms with Gasteiger partial charge in [0.15, 0.2) is 5.41 Å². The number of benzene rings is 1. The molecule has 1 aliphatic rings. The summed E-state index contributed by atoms with van der Waals surface area (Å²) in [5, 5.41) is 9.04. The molecule has 0 aromatic heterocycles. The van der Waals surface area contributed by atoms with Crippen LogP contribution in [0.1, 0.15) is 30.6 Å². The van der Waals surface area contributed by atoms with E-state index in [2.05, 4.69) is 0 Å². The molecule has 1 fully saturated rings. The van der Waals surface area contributed by atoms with Gasteiger partial charge >= 0.3 is 12.1 Å². The highest BCUT2D eigenvalue weighted by atomic mass is 19.4. The van der Waals surface area contributed by atoms with Gasteiger partial charge in [-0.25, -0.2) is 0 Å². The molecule has 1 atom stereocenters. The zero-order valence-electron chi connectivity index (χ0n) is 14.0. The summed E-state index contributed by atoms with van der Waals surface area (Å²) in [7, 11) is 0. The van der Waals surface area contributed by atoms with E-state index in [-0.39, 0.29) is 12.1 Å². The summed E-state index contributed by atoms with van der Waals surface area (Å²) in [6.07, 6.45) is -5.56. The van der Waals surface area contributed by atoms with Crippen molar-refractivity contribution in [2.45, 2.75) is 26.4 Å². The third-order valence-corrected chi connectivity index (χ3v) is 4.19. The molecule has 1 amide bonds. The molecule has 1 heterocycles. The first kappa shape index (κ1) is 19.1. The van der Waals surface area contributed by atoms with Gasteiger partial charge in [-0.1, -0.05) is 13.8 Å². The van der Waals surface area contributed by atoms with E-state index >= 15 is 0 Å². The van der Waals surface area contributed by atoms with Gasteiger partial charge in [-0.15, -0.1) is 0 Å². The van der Waals surface area contributed by atoms with Gasteiger partial charge < -0.3 is 14.7 Å². The number of carbonyl (C=O) groups is 2. The van der Waals surface area contributed by atoms with E-state index < -0.39 is 36.4 Å². The zero-order valence-corrected chi connectivity index (χ0v) is 14.0. The molecule has 0 spiro atoms. The van der Waals surface area contributed by atoms with Crippen molar-refractivity contribution in [2.24, 2.45) is 11.3 Å². The maximum absolute atomic E-state index is 13.2. The predicted octanol–water partition coefficient (Wildman–Crippen LogP) is 3.20. The average Bonchev–Trinajstić information content (AvgIpc) is 2.99. The first-order valence-corrected chi connectivity index (χ1v) is 7.89. The largest absolute Gasteiger partial charge is 0.493 e. The van der Waals surface area contributed by atoms with Gasteiger partial charge in [0.2, 0.25) is 0 Å². The smallest absolute Gasteiger partial charge is 0.406 e. The molecule has 25 heavy (non-hydrogen) atoms. The van der Waals surface area contributed by atoms with Gasteiger partial charge in [0, 0.05) is 18.7 Å². The highest BCUT2D eigenvalue weighted by Crippen LogP contribution is 2.46. The number of hydrogen-bond acceptors (Lipinski definition) is 3. The third-order valence-electron chi connectivity index (χ3n) is 4.19. The van der Waals surface area contributed by atoms with Crippen molar-refractivity contribution >= 4 is 11.9 Å². The first-order chi connectivity index (χ1) is 11.6. The second kappa shape index (κ2) is 6.93. The van der Waals surface area contributed by atoms with Crippen molar-refractivity contribution < 1.29 is 32.6 Å². The zero-order chi connectivity index (χ0) is 18.8. The van der Waals surface area contributed by atoms with E-state index in [4.69, 9.17) is 9.84 Å². The molecule has 5 nitrogen and oxygen atoms in total. The third kappa shape index (κ3) is 3.88. The van der Waals surface area contributed by atoms with Crippen LogP contribution in [0.25, 0.3) is 0 Å². The van der Waals surface area contributed by atoms with E-state index in [1.165, 1.54) is 12.1 Å². The molecular weight excluding hydrogens is 339 g/mol. The Morgan fingerprint density at radius 1 is 1.28 bits per heavy atom. The first-order valence-electron chi connectivity index (χ1n) is 7.89. The molecule has 1 aromatic carbocycles. The molecule has 8 heteroatoms. The number of hydrogen-bond donors (Lipinski definition) is 1. The molecule has 0 saturated carbocycles. The van der Waals surface area contributed by atoms with E-state index in [0.29, 0.717) is 18.3 Å². The lowest BCUT2D eigenvalue weighted by atomic mass is 9.86. The number of rotatable bonds is 5. The van der Waals surface area contributed by atoms with Crippen LogP contribution >= 0.6 is 0 Å². The minimum absolute atomic E-state index is 0.195. The summed E-state index contributed by atoms with van der Waals surface area (Å²) in [6, 6.07) is 6.07. The summed E-state index contributed by atoms with van der Waals surface area (Å²) >= 11 is 0. The molecule has 0 bridgehead atoms. The minimum Gasteiger partial charge on any atom is -0.493 e. The fraction of sp³-hybridized carbons (Fsp3) is 0.529. The number of alkyl halides is 3. The summed E-state index contributed by atoms with van der Waals surface area (Å²) in [6.45, 7) is 3.35. The number of ether oxygens (including phenoxy) is 1. The lowest BCUT2D eigenvalue weighted by Gasteiger charge is -2.27. The standard InChI is InChI=1S/C17H20F3NO4/c1-11(2)9-25-13-5-3-12(4-6-13)14(22)21-8-7-16(10-21,15(23)24)17(18,19)20/h3-6,11H,7-10H2,1-2H3,(H,23,24). The Labute approximate surface area is 143 Å². The quantitative estimate of drug-likeness (QED) is 0.877. The van der Waals surface area contributed by atoms with Crippen LogP contribution in [0.2, 0.25) is 0 Å². The topological polar surface area (TPSA) is 66.8 Å². The molecule has 138 valence electrons.